The Morgan fingerprint density at radius 2 is 0.526 bits per heavy atom. The van der Waals surface area contributed by atoms with Crippen LogP contribution in [0.2, 0.25) is 0 Å². The van der Waals surface area contributed by atoms with Crippen molar-refractivity contribution in [2.24, 2.45) is 0 Å². The van der Waals surface area contributed by atoms with Gasteiger partial charge in [0.25, 0.3) is 0 Å². The molecule has 350 valence electrons. The highest BCUT2D eigenvalue weighted by atomic mass is 16.3. The zero-order valence-electron chi connectivity index (χ0n) is 40.3. The second kappa shape index (κ2) is 14.9. The van der Waals surface area contributed by atoms with Gasteiger partial charge in [-0.05, 0) is 72.8 Å². The van der Waals surface area contributed by atoms with E-state index in [9.17, 15) is 10.5 Å². The summed E-state index contributed by atoms with van der Waals surface area (Å²) in [5.74, 6) is 0. The number of fused-ring (bicyclic) bond motifs is 20. The molecule has 0 atom stereocenters. The molecule has 0 N–H and O–H groups in total. The van der Waals surface area contributed by atoms with Gasteiger partial charge in [0.05, 0.1) is 66.9 Å². The lowest BCUT2D eigenvalue weighted by Crippen LogP contribution is -2.16. The number of benzene rings is 11. The number of furan rings is 2. The van der Waals surface area contributed by atoms with Gasteiger partial charge in [-0.3, -0.25) is 0 Å². The van der Waals surface area contributed by atoms with Gasteiger partial charge in [0, 0.05) is 64.6 Å². The van der Waals surface area contributed by atoms with Crippen molar-refractivity contribution in [1.82, 2.24) is 18.3 Å². The summed E-state index contributed by atoms with van der Waals surface area (Å²) in [6, 6.07) is 81.1. The van der Waals surface area contributed by atoms with Crippen LogP contribution >= 0.6 is 0 Å². The fourth-order valence-electron chi connectivity index (χ4n) is 13.1. The van der Waals surface area contributed by atoms with Crippen molar-refractivity contribution in [2.75, 3.05) is 0 Å². The van der Waals surface area contributed by atoms with Crippen molar-refractivity contribution in [3.63, 3.8) is 0 Å². The molecule has 17 rings (SSSR count). The zero-order valence-corrected chi connectivity index (χ0v) is 40.3. The van der Waals surface area contributed by atoms with E-state index in [1.807, 2.05) is 42.5 Å². The molecule has 0 aliphatic heterocycles. The molecule has 0 saturated carbocycles. The molecular formula is C68H36N6O2. The summed E-state index contributed by atoms with van der Waals surface area (Å²) in [6.45, 7) is 0. The molecule has 6 aromatic heterocycles. The molecule has 0 bridgehead atoms. The molecular weight excluding hydrogens is 933 g/mol. The van der Waals surface area contributed by atoms with Gasteiger partial charge in [-0.2, -0.15) is 10.5 Å². The third-order valence-corrected chi connectivity index (χ3v) is 16.0. The van der Waals surface area contributed by atoms with Gasteiger partial charge in [-0.1, -0.05) is 146 Å². The van der Waals surface area contributed by atoms with Crippen molar-refractivity contribution in [2.45, 2.75) is 0 Å². The highest BCUT2D eigenvalue weighted by molar-refractivity contribution is 6.29. The molecule has 11 aromatic carbocycles. The monoisotopic (exact) mass is 968 g/mol. The van der Waals surface area contributed by atoms with E-state index >= 15 is 0 Å². The van der Waals surface area contributed by atoms with Gasteiger partial charge in [-0.25, -0.2) is 0 Å². The Kier molecular flexibility index (Phi) is 7.99. The maximum atomic E-state index is 12.6. The minimum atomic E-state index is 0.336. The van der Waals surface area contributed by atoms with Crippen molar-refractivity contribution in [3.8, 4) is 34.9 Å². The maximum Gasteiger partial charge on any atom is 0.136 e. The Balaban J connectivity index is 1.19. The fraction of sp³-hybridized carbons (Fsp3) is 0. The molecule has 0 radical (unpaired) electrons. The smallest absolute Gasteiger partial charge is 0.136 e. The minimum absolute atomic E-state index is 0.336. The van der Waals surface area contributed by atoms with E-state index in [-0.39, 0.29) is 0 Å². The summed E-state index contributed by atoms with van der Waals surface area (Å²) in [6.07, 6.45) is 0. The molecule has 0 unspecified atom stereocenters. The highest BCUT2D eigenvalue weighted by Crippen LogP contribution is 2.51. The van der Waals surface area contributed by atoms with Gasteiger partial charge in [0.2, 0.25) is 0 Å². The summed E-state index contributed by atoms with van der Waals surface area (Å²) < 4.78 is 22.2. The first-order valence-corrected chi connectivity index (χ1v) is 25.4. The number of aromatic nitrogens is 4. The van der Waals surface area contributed by atoms with E-state index in [0.29, 0.717) is 33.9 Å². The summed E-state index contributed by atoms with van der Waals surface area (Å²) in [7, 11) is 0. The van der Waals surface area contributed by atoms with Crippen LogP contribution in [0, 0.1) is 22.7 Å². The van der Waals surface area contributed by atoms with E-state index < -0.39 is 0 Å². The second-order valence-electron chi connectivity index (χ2n) is 19.7. The molecule has 0 spiro atoms. The van der Waals surface area contributed by atoms with Gasteiger partial charge in [0.15, 0.2) is 0 Å². The Labute approximate surface area is 431 Å². The lowest BCUT2D eigenvalue weighted by molar-refractivity contribution is 0.669. The van der Waals surface area contributed by atoms with Crippen molar-refractivity contribution in [3.05, 3.63) is 230 Å². The van der Waals surface area contributed by atoms with Crippen LogP contribution in [0.15, 0.2) is 227 Å². The number of hydrogen-bond donors (Lipinski definition) is 0. The normalized spacial score (nSPS) is 12.2. The third kappa shape index (κ3) is 5.09. The van der Waals surface area contributed by atoms with Crippen LogP contribution in [0.1, 0.15) is 11.1 Å². The van der Waals surface area contributed by atoms with E-state index in [4.69, 9.17) is 8.83 Å². The van der Waals surface area contributed by atoms with E-state index in [1.54, 1.807) is 0 Å². The molecule has 0 amide bonds. The van der Waals surface area contributed by atoms with Crippen LogP contribution < -0.4 is 0 Å². The Bertz CT molecular complexity index is 5260. The lowest BCUT2D eigenvalue weighted by atomic mass is 9.98. The predicted molar refractivity (Wildman–Crippen MR) is 308 cm³/mol. The number of para-hydroxylation sites is 8. The maximum absolute atomic E-state index is 12.6. The van der Waals surface area contributed by atoms with Crippen LogP contribution in [0.4, 0.5) is 0 Å². The second-order valence-corrected chi connectivity index (χ2v) is 19.7. The Morgan fingerprint density at radius 3 is 0.895 bits per heavy atom. The predicted octanol–water partition coefficient (Wildman–Crippen LogP) is 17.6. The van der Waals surface area contributed by atoms with Crippen LogP contribution in [-0.2, 0) is 0 Å². The summed E-state index contributed by atoms with van der Waals surface area (Å²) in [5.41, 5.74) is 13.4. The topological polar surface area (TPSA) is 93.6 Å². The SMILES string of the molecule is N#Cc1c(-n2c3ccccc3c3ccccc32)c(-n2c3ccccc3c3c4c(ccc32)oc2ccccc24)c(-n2c3ccccc3c3ccccc32)c(C#N)c1-n1c2ccccc2c2c3c(ccc21)oc1ccccc13. The molecule has 17 aromatic rings. The fourth-order valence-corrected chi connectivity index (χ4v) is 13.1. The summed E-state index contributed by atoms with van der Waals surface area (Å²) in [5, 5.41) is 37.3. The van der Waals surface area contributed by atoms with Crippen LogP contribution in [0.25, 0.3) is 154 Å². The first-order valence-electron chi connectivity index (χ1n) is 25.4. The van der Waals surface area contributed by atoms with E-state index in [2.05, 4.69) is 206 Å². The highest BCUT2D eigenvalue weighted by Gasteiger charge is 2.35. The molecule has 0 aliphatic carbocycles. The van der Waals surface area contributed by atoms with Crippen molar-refractivity contribution < 1.29 is 8.83 Å². The summed E-state index contributed by atoms with van der Waals surface area (Å²) in [4.78, 5) is 0. The Hall–Kier alpha value is -10.8. The quantitative estimate of drug-likeness (QED) is 0.176. The summed E-state index contributed by atoms with van der Waals surface area (Å²) >= 11 is 0. The Morgan fingerprint density at radius 1 is 0.237 bits per heavy atom. The standard InChI is InChI=1S/C68H36N6O2/c69-37-47-65(73-53-29-13-5-21-43(53)61-55(73)33-35-59-63(61)45-23-7-15-31-57(45)75-59)48(38-70)67(72-51-27-11-3-19-41(51)42-20-4-12-28-52(42)72)68(66(47)71-49-25-9-1-17-39(49)40-18-2-10-26-50(40)71)74-54-30-14-6-22-44(54)62-56(74)34-36-60-64(62)46-24-8-16-32-58(46)76-60/h1-36H. The average molecular weight is 969 g/mol. The first kappa shape index (κ1) is 40.8. The van der Waals surface area contributed by atoms with Crippen LogP contribution in [0.5, 0.6) is 0 Å². The third-order valence-electron chi connectivity index (χ3n) is 16.0. The first-order chi connectivity index (χ1) is 37.7. The van der Waals surface area contributed by atoms with Gasteiger partial charge >= 0.3 is 0 Å². The van der Waals surface area contributed by atoms with Gasteiger partial charge in [0.1, 0.15) is 45.6 Å². The molecule has 0 saturated heterocycles. The number of hydrogen-bond acceptors (Lipinski definition) is 4. The van der Waals surface area contributed by atoms with E-state index in [0.717, 1.165) is 131 Å². The molecule has 8 heteroatoms. The number of rotatable bonds is 4. The minimum Gasteiger partial charge on any atom is -0.456 e. The molecule has 76 heavy (non-hydrogen) atoms. The van der Waals surface area contributed by atoms with Crippen molar-refractivity contribution in [1.29, 1.82) is 10.5 Å². The largest absolute Gasteiger partial charge is 0.456 e. The molecule has 0 fully saturated rings. The molecule has 6 heterocycles. The lowest BCUT2D eigenvalue weighted by Gasteiger charge is -2.27. The average Bonchev–Trinajstić information content (AvgIpc) is 4.49. The number of nitriles is 2. The van der Waals surface area contributed by atoms with Crippen LogP contribution in [0.3, 0.4) is 0 Å². The van der Waals surface area contributed by atoms with Gasteiger partial charge < -0.3 is 27.1 Å². The number of nitrogens with zero attached hydrogens (tertiary/aromatic N) is 6. The molecule has 0 aliphatic rings. The van der Waals surface area contributed by atoms with Crippen molar-refractivity contribution >= 4 is 131 Å². The van der Waals surface area contributed by atoms with Gasteiger partial charge in [-0.15, -0.1) is 0 Å². The van der Waals surface area contributed by atoms with Crippen LogP contribution in [-0.4, -0.2) is 18.3 Å². The van der Waals surface area contributed by atoms with E-state index in [1.165, 1.54) is 0 Å². The molecule has 8 nitrogen and oxygen atoms in total. The zero-order chi connectivity index (χ0) is 49.9.